The number of aromatic nitrogens is 4. The highest BCUT2D eigenvalue weighted by Crippen LogP contribution is 2.28. The van der Waals surface area contributed by atoms with Crippen molar-refractivity contribution in [1.82, 2.24) is 30.2 Å². The maximum atomic E-state index is 12.5. The molecule has 0 bridgehead atoms. The van der Waals surface area contributed by atoms with Gasteiger partial charge in [0.25, 0.3) is 0 Å². The molecule has 0 aliphatic carbocycles. The lowest BCUT2D eigenvalue weighted by Gasteiger charge is -2.26. The molecule has 33 heavy (non-hydrogen) atoms. The van der Waals surface area contributed by atoms with Gasteiger partial charge < -0.3 is 20.5 Å². The van der Waals surface area contributed by atoms with E-state index in [0.29, 0.717) is 41.8 Å². The number of carbonyl (C=O) groups is 1. The van der Waals surface area contributed by atoms with Gasteiger partial charge in [0, 0.05) is 43.0 Å². The number of anilines is 1. The largest absolute Gasteiger partial charge is 0.357 e. The Morgan fingerprint density at radius 2 is 2.06 bits per heavy atom. The lowest BCUT2D eigenvalue weighted by molar-refractivity contribution is -0.121. The van der Waals surface area contributed by atoms with Crippen molar-refractivity contribution in [2.75, 3.05) is 43.0 Å². The number of hydrogen-bond acceptors (Lipinski definition) is 8. The van der Waals surface area contributed by atoms with E-state index >= 15 is 0 Å². The maximum absolute atomic E-state index is 12.5. The molecule has 12 heteroatoms. The summed E-state index contributed by atoms with van der Waals surface area (Å²) in [6.45, 7) is 4.15. The van der Waals surface area contributed by atoms with E-state index in [1.54, 1.807) is 31.7 Å². The normalized spacial score (nSPS) is 17.0. The van der Waals surface area contributed by atoms with Gasteiger partial charge in [0.15, 0.2) is 9.84 Å². The summed E-state index contributed by atoms with van der Waals surface area (Å²) in [6, 6.07) is 1.31. The fourth-order valence-electron chi connectivity index (χ4n) is 3.68. The second-order valence-electron chi connectivity index (χ2n) is 8.05. The number of rotatable bonds is 8. The van der Waals surface area contributed by atoms with Gasteiger partial charge in [-0.05, 0) is 26.0 Å². The Bertz CT molecular complexity index is 1230. The average molecular weight is 492 g/mol. The Morgan fingerprint density at radius 3 is 2.85 bits per heavy atom. The molecule has 4 heterocycles. The molecular formula is C21H26ClN7O3S. The fraction of sp³-hybridized carbons (Fsp3) is 0.429. The summed E-state index contributed by atoms with van der Waals surface area (Å²) in [5.41, 5.74) is 2.15. The minimum atomic E-state index is -2.87. The van der Waals surface area contributed by atoms with Gasteiger partial charge in [-0.15, -0.1) is 0 Å². The Kier molecular flexibility index (Phi) is 7.11. The Morgan fingerprint density at radius 1 is 1.27 bits per heavy atom. The van der Waals surface area contributed by atoms with Crippen LogP contribution in [0, 0.1) is 0 Å². The van der Waals surface area contributed by atoms with E-state index < -0.39 is 15.9 Å². The monoisotopic (exact) mass is 491 g/mol. The number of carbonyl (C=O) groups excluding carboxylic acids is 1. The summed E-state index contributed by atoms with van der Waals surface area (Å²) in [5, 5.41) is 7.36. The number of fused-ring (bicyclic) bond motifs is 1. The van der Waals surface area contributed by atoms with E-state index in [0.717, 1.165) is 23.9 Å². The van der Waals surface area contributed by atoms with Gasteiger partial charge in [-0.25, -0.2) is 18.4 Å². The zero-order chi connectivity index (χ0) is 23.4. The summed E-state index contributed by atoms with van der Waals surface area (Å²) in [7, 11) is -2.87. The van der Waals surface area contributed by atoms with E-state index in [4.69, 9.17) is 11.6 Å². The molecule has 1 fully saturated rings. The van der Waals surface area contributed by atoms with Gasteiger partial charge in [0.1, 0.15) is 17.5 Å². The molecule has 10 nitrogen and oxygen atoms in total. The summed E-state index contributed by atoms with van der Waals surface area (Å²) < 4.78 is 23.0. The van der Waals surface area contributed by atoms with Crippen molar-refractivity contribution in [3.63, 3.8) is 0 Å². The molecule has 0 saturated carbocycles. The minimum Gasteiger partial charge on any atom is -0.357 e. The van der Waals surface area contributed by atoms with Crippen LogP contribution < -0.4 is 10.6 Å². The van der Waals surface area contributed by atoms with Crippen molar-refractivity contribution in [2.24, 2.45) is 0 Å². The standard InChI is InChI=1S/C21H26ClN7O3S/c1-14(21(30)24-3-2-4-29-5-7-33(31,32)8-6-29)27-19-13-23-12-18(28-19)17-11-26-20-16(17)9-15(22)10-25-20/h9-14H,2-8H2,1H3,(H,24,30)(H,25,26)(H,27,28)/t14-/m1/s1. The van der Waals surface area contributed by atoms with Gasteiger partial charge in [-0.3, -0.25) is 9.78 Å². The van der Waals surface area contributed by atoms with Crippen molar-refractivity contribution in [2.45, 2.75) is 19.4 Å². The molecule has 3 aromatic rings. The zero-order valence-corrected chi connectivity index (χ0v) is 19.8. The summed E-state index contributed by atoms with van der Waals surface area (Å²) in [5.74, 6) is 0.755. The van der Waals surface area contributed by atoms with E-state index in [1.165, 1.54) is 0 Å². The molecule has 1 atom stereocenters. The van der Waals surface area contributed by atoms with E-state index in [2.05, 4.69) is 35.5 Å². The van der Waals surface area contributed by atoms with E-state index in [9.17, 15) is 13.2 Å². The Hall–Kier alpha value is -2.76. The first kappa shape index (κ1) is 23.4. The number of pyridine rings is 1. The van der Waals surface area contributed by atoms with Gasteiger partial charge in [0.2, 0.25) is 5.91 Å². The summed E-state index contributed by atoms with van der Waals surface area (Å²) in [6.07, 6.45) is 7.34. The molecular weight excluding hydrogens is 466 g/mol. The van der Waals surface area contributed by atoms with Crippen molar-refractivity contribution >= 4 is 44.2 Å². The van der Waals surface area contributed by atoms with Gasteiger partial charge >= 0.3 is 0 Å². The quantitative estimate of drug-likeness (QED) is 0.405. The van der Waals surface area contributed by atoms with Crippen LogP contribution in [0.4, 0.5) is 5.82 Å². The van der Waals surface area contributed by atoms with Gasteiger partial charge in [0.05, 0.1) is 34.6 Å². The van der Waals surface area contributed by atoms with Crippen LogP contribution in [0.3, 0.4) is 0 Å². The molecule has 0 radical (unpaired) electrons. The molecule has 1 aliphatic heterocycles. The molecule has 0 unspecified atom stereocenters. The van der Waals surface area contributed by atoms with Crippen LogP contribution >= 0.6 is 11.6 Å². The molecule has 0 spiro atoms. The predicted molar refractivity (Wildman–Crippen MR) is 128 cm³/mol. The van der Waals surface area contributed by atoms with E-state index in [-0.39, 0.29) is 17.4 Å². The lowest BCUT2D eigenvalue weighted by atomic mass is 10.1. The number of halogens is 1. The third-order valence-electron chi connectivity index (χ3n) is 5.55. The molecule has 3 N–H and O–H groups in total. The molecule has 1 amide bonds. The molecule has 4 rings (SSSR count). The predicted octanol–water partition coefficient (Wildman–Crippen LogP) is 1.71. The zero-order valence-electron chi connectivity index (χ0n) is 18.2. The van der Waals surface area contributed by atoms with Crippen LogP contribution in [0.2, 0.25) is 5.02 Å². The number of aromatic amines is 1. The number of sulfone groups is 1. The van der Waals surface area contributed by atoms with Crippen molar-refractivity contribution in [3.8, 4) is 11.3 Å². The first-order chi connectivity index (χ1) is 15.8. The highest BCUT2D eigenvalue weighted by molar-refractivity contribution is 7.91. The third-order valence-corrected chi connectivity index (χ3v) is 7.37. The minimum absolute atomic E-state index is 0.147. The first-order valence-electron chi connectivity index (χ1n) is 10.7. The summed E-state index contributed by atoms with van der Waals surface area (Å²) in [4.78, 5) is 30.8. The van der Waals surface area contributed by atoms with Crippen LogP contribution in [0.5, 0.6) is 0 Å². The van der Waals surface area contributed by atoms with Crippen molar-refractivity contribution < 1.29 is 13.2 Å². The number of hydrogen-bond donors (Lipinski definition) is 3. The molecule has 3 aromatic heterocycles. The van der Waals surface area contributed by atoms with Crippen LogP contribution in [0.25, 0.3) is 22.3 Å². The second-order valence-corrected chi connectivity index (χ2v) is 10.8. The third kappa shape index (κ3) is 5.98. The Labute approximate surface area is 197 Å². The first-order valence-corrected chi connectivity index (χ1v) is 12.9. The molecule has 176 valence electrons. The number of H-pyrrole nitrogens is 1. The van der Waals surface area contributed by atoms with Crippen LogP contribution in [-0.2, 0) is 14.6 Å². The second kappa shape index (κ2) is 10.0. The summed E-state index contributed by atoms with van der Waals surface area (Å²) >= 11 is 6.08. The van der Waals surface area contributed by atoms with Crippen molar-refractivity contribution in [3.05, 3.63) is 35.9 Å². The van der Waals surface area contributed by atoms with Gasteiger partial charge in [-0.1, -0.05) is 11.6 Å². The van der Waals surface area contributed by atoms with Gasteiger partial charge in [-0.2, -0.15) is 0 Å². The van der Waals surface area contributed by atoms with Crippen LogP contribution in [0.1, 0.15) is 13.3 Å². The smallest absolute Gasteiger partial charge is 0.242 e. The lowest BCUT2D eigenvalue weighted by Crippen LogP contribution is -2.42. The van der Waals surface area contributed by atoms with Crippen LogP contribution in [0.15, 0.2) is 30.9 Å². The number of nitrogens with zero attached hydrogens (tertiary/aromatic N) is 4. The average Bonchev–Trinajstić information content (AvgIpc) is 3.20. The topological polar surface area (TPSA) is 133 Å². The fourth-order valence-corrected chi connectivity index (χ4v) is 5.12. The SMILES string of the molecule is C[C@@H](Nc1cncc(-c2c[nH]c3ncc(Cl)cc23)n1)C(=O)NCCCN1CCS(=O)(=O)CC1. The highest BCUT2D eigenvalue weighted by Gasteiger charge is 2.21. The van der Waals surface area contributed by atoms with E-state index in [1.807, 2.05) is 6.07 Å². The maximum Gasteiger partial charge on any atom is 0.242 e. The molecule has 1 aliphatic rings. The highest BCUT2D eigenvalue weighted by atomic mass is 35.5. The number of amides is 1. The number of nitrogens with one attached hydrogen (secondary N) is 3. The Balaban J connectivity index is 1.29. The molecule has 1 saturated heterocycles. The van der Waals surface area contributed by atoms with Crippen molar-refractivity contribution in [1.29, 1.82) is 0 Å². The van der Waals surface area contributed by atoms with Crippen LogP contribution in [-0.4, -0.2) is 82.9 Å². The molecule has 0 aromatic carbocycles.